The lowest BCUT2D eigenvalue weighted by Crippen LogP contribution is -2.31. The molecule has 1 unspecified atom stereocenters. The Hall–Kier alpha value is -0.870. The molecule has 1 aromatic rings. The molecule has 1 N–H and O–H groups in total. The zero-order valence-corrected chi connectivity index (χ0v) is 12.2. The highest BCUT2D eigenvalue weighted by atomic mass is 35.5. The molecule has 0 bridgehead atoms. The van der Waals surface area contributed by atoms with Gasteiger partial charge in [0.1, 0.15) is 11.6 Å². The predicted molar refractivity (Wildman–Crippen MR) is 72.8 cm³/mol. The van der Waals surface area contributed by atoms with Gasteiger partial charge in [-0.05, 0) is 24.5 Å². The fourth-order valence-electron chi connectivity index (χ4n) is 1.59. The maximum atomic E-state index is 13.5. The average Bonchev–Trinajstić information content (AvgIpc) is 2.30. The van der Waals surface area contributed by atoms with Crippen molar-refractivity contribution in [2.45, 2.75) is 25.6 Å². The Labute approximate surface area is 121 Å². The molecule has 0 aliphatic heterocycles. The number of rotatable bonds is 5. The maximum Gasteiger partial charge on any atom is 0.254 e. The summed E-state index contributed by atoms with van der Waals surface area (Å²) in [7, 11) is 0. The largest absolute Gasteiger partial charge is 0.350 e. The van der Waals surface area contributed by atoms with E-state index in [1.54, 1.807) is 0 Å². The molecule has 0 fully saturated rings. The minimum atomic E-state index is -0.862. The summed E-state index contributed by atoms with van der Waals surface area (Å²) in [6.07, 6.45) is 0.722. The van der Waals surface area contributed by atoms with Crippen molar-refractivity contribution in [3.05, 3.63) is 34.4 Å². The molecule has 1 amide bonds. The first-order chi connectivity index (χ1) is 8.81. The Morgan fingerprint density at radius 3 is 2.53 bits per heavy atom. The van der Waals surface area contributed by atoms with Crippen LogP contribution in [0.25, 0.3) is 0 Å². The van der Waals surface area contributed by atoms with E-state index in [1.807, 2.05) is 13.8 Å². The van der Waals surface area contributed by atoms with Crippen molar-refractivity contribution in [2.75, 3.05) is 6.54 Å². The van der Waals surface area contributed by atoms with Crippen molar-refractivity contribution in [3.8, 4) is 0 Å². The van der Waals surface area contributed by atoms with E-state index in [2.05, 4.69) is 5.32 Å². The van der Waals surface area contributed by atoms with Crippen LogP contribution in [0.4, 0.5) is 8.78 Å². The van der Waals surface area contributed by atoms with Gasteiger partial charge in [-0.3, -0.25) is 4.79 Å². The molecule has 1 atom stereocenters. The summed E-state index contributed by atoms with van der Waals surface area (Å²) >= 11 is 11.4. The number of hydrogen-bond acceptors (Lipinski definition) is 1. The fourth-order valence-corrected chi connectivity index (χ4v) is 2.17. The zero-order chi connectivity index (χ0) is 14.6. The van der Waals surface area contributed by atoms with Crippen LogP contribution in [0.2, 0.25) is 5.02 Å². The highest BCUT2D eigenvalue weighted by Crippen LogP contribution is 2.19. The van der Waals surface area contributed by atoms with Crippen LogP contribution in [-0.4, -0.2) is 17.8 Å². The van der Waals surface area contributed by atoms with Gasteiger partial charge in [0.2, 0.25) is 0 Å². The second-order valence-electron chi connectivity index (χ2n) is 4.68. The summed E-state index contributed by atoms with van der Waals surface area (Å²) in [5.41, 5.74) is -0.379. The molecule has 0 aliphatic rings. The minimum Gasteiger partial charge on any atom is -0.350 e. The van der Waals surface area contributed by atoms with E-state index in [4.69, 9.17) is 23.2 Å². The molecule has 19 heavy (non-hydrogen) atoms. The maximum absolute atomic E-state index is 13.5. The van der Waals surface area contributed by atoms with Crippen molar-refractivity contribution >= 4 is 29.1 Å². The van der Waals surface area contributed by atoms with Crippen molar-refractivity contribution in [1.82, 2.24) is 5.32 Å². The first kappa shape index (κ1) is 16.2. The van der Waals surface area contributed by atoms with Gasteiger partial charge in [0.15, 0.2) is 0 Å². The summed E-state index contributed by atoms with van der Waals surface area (Å²) in [5, 5.41) is 1.87. The van der Waals surface area contributed by atoms with Crippen molar-refractivity contribution < 1.29 is 13.6 Å². The van der Waals surface area contributed by atoms with Crippen LogP contribution < -0.4 is 5.32 Å². The van der Waals surface area contributed by atoms with E-state index in [-0.39, 0.29) is 22.5 Å². The first-order valence-corrected chi connectivity index (χ1v) is 6.69. The number of nitrogens with one attached hydrogen (secondary N) is 1. The monoisotopic (exact) mass is 309 g/mol. The molecule has 1 aromatic carbocycles. The van der Waals surface area contributed by atoms with E-state index in [9.17, 15) is 13.6 Å². The number of halogens is 4. The standard InChI is InChI=1S/C13H15Cl2F2NO/c1-7(2)3-8(14)6-18-13(19)9-4-12(17)10(15)5-11(9)16/h4-5,7-8H,3,6H2,1-2H3,(H,18,19). The van der Waals surface area contributed by atoms with E-state index in [0.717, 1.165) is 18.6 Å². The number of amides is 1. The Balaban J connectivity index is 2.66. The molecular weight excluding hydrogens is 295 g/mol. The minimum absolute atomic E-state index is 0.197. The van der Waals surface area contributed by atoms with Crippen LogP contribution in [0, 0.1) is 17.6 Å². The van der Waals surface area contributed by atoms with Gasteiger partial charge in [-0.2, -0.15) is 0 Å². The number of hydrogen-bond donors (Lipinski definition) is 1. The summed E-state index contributed by atoms with van der Waals surface area (Å²) in [5.74, 6) is -2.01. The third-order valence-electron chi connectivity index (χ3n) is 2.47. The lowest BCUT2D eigenvalue weighted by atomic mass is 10.1. The molecule has 6 heteroatoms. The van der Waals surface area contributed by atoms with Crippen LogP contribution in [0.15, 0.2) is 12.1 Å². The van der Waals surface area contributed by atoms with Gasteiger partial charge in [-0.15, -0.1) is 11.6 Å². The van der Waals surface area contributed by atoms with Crippen molar-refractivity contribution in [3.63, 3.8) is 0 Å². The highest BCUT2D eigenvalue weighted by molar-refractivity contribution is 6.30. The number of carbonyl (C=O) groups is 1. The second kappa shape index (κ2) is 7.06. The molecule has 0 aromatic heterocycles. The summed E-state index contributed by atoms with van der Waals surface area (Å²) in [4.78, 5) is 11.7. The van der Waals surface area contributed by atoms with Gasteiger partial charge in [0, 0.05) is 6.54 Å². The molecule has 0 heterocycles. The van der Waals surface area contributed by atoms with Gasteiger partial charge >= 0.3 is 0 Å². The number of carbonyl (C=O) groups excluding carboxylic acids is 1. The molecule has 1 rings (SSSR count). The molecular formula is C13H15Cl2F2NO. The smallest absolute Gasteiger partial charge is 0.254 e. The summed E-state index contributed by atoms with van der Waals surface area (Å²) in [6.45, 7) is 4.21. The van der Waals surface area contributed by atoms with Gasteiger partial charge in [0.05, 0.1) is 16.0 Å². The van der Waals surface area contributed by atoms with E-state index < -0.39 is 17.5 Å². The van der Waals surface area contributed by atoms with Crippen LogP contribution >= 0.6 is 23.2 Å². The first-order valence-electron chi connectivity index (χ1n) is 5.88. The van der Waals surface area contributed by atoms with Crippen molar-refractivity contribution in [2.24, 2.45) is 5.92 Å². The summed E-state index contributed by atoms with van der Waals surface area (Å²) in [6, 6.07) is 1.55. The molecule has 0 spiro atoms. The van der Waals surface area contributed by atoms with Gasteiger partial charge in [-0.1, -0.05) is 25.4 Å². The van der Waals surface area contributed by atoms with Gasteiger partial charge in [-0.25, -0.2) is 8.78 Å². The molecule has 0 saturated heterocycles. The Morgan fingerprint density at radius 1 is 1.32 bits per heavy atom. The quantitative estimate of drug-likeness (QED) is 0.646. The van der Waals surface area contributed by atoms with Crippen LogP contribution in [0.5, 0.6) is 0 Å². The van der Waals surface area contributed by atoms with E-state index in [1.165, 1.54) is 0 Å². The number of alkyl halides is 1. The highest BCUT2D eigenvalue weighted by Gasteiger charge is 2.16. The Morgan fingerprint density at radius 2 is 1.95 bits per heavy atom. The third kappa shape index (κ3) is 4.96. The zero-order valence-electron chi connectivity index (χ0n) is 10.6. The fraction of sp³-hybridized carbons (Fsp3) is 0.462. The van der Waals surface area contributed by atoms with Gasteiger partial charge < -0.3 is 5.32 Å². The summed E-state index contributed by atoms with van der Waals surface area (Å²) < 4.78 is 26.7. The Kier molecular flexibility index (Phi) is 6.01. The average molecular weight is 310 g/mol. The SMILES string of the molecule is CC(C)CC(Cl)CNC(=O)c1cc(F)c(Cl)cc1F. The third-order valence-corrected chi connectivity index (χ3v) is 3.09. The normalized spacial score (nSPS) is 12.6. The van der Waals surface area contributed by atoms with Crippen LogP contribution in [0.3, 0.4) is 0 Å². The molecule has 0 saturated carbocycles. The lowest BCUT2D eigenvalue weighted by Gasteiger charge is -2.13. The number of benzene rings is 1. The second-order valence-corrected chi connectivity index (χ2v) is 5.71. The predicted octanol–water partition coefficient (Wildman–Crippen LogP) is 4.00. The molecule has 106 valence electrons. The molecule has 0 aliphatic carbocycles. The topological polar surface area (TPSA) is 29.1 Å². The van der Waals surface area contributed by atoms with Crippen LogP contribution in [0.1, 0.15) is 30.6 Å². The van der Waals surface area contributed by atoms with Crippen LogP contribution in [-0.2, 0) is 0 Å². The van der Waals surface area contributed by atoms with E-state index in [0.29, 0.717) is 5.92 Å². The van der Waals surface area contributed by atoms with E-state index >= 15 is 0 Å². The van der Waals surface area contributed by atoms with Gasteiger partial charge in [0.25, 0.3) is 5.91 Å². The molecule has 2 nitrogen and oxygen atoms in total. The Bertz CT molecular complexity index is 466. The lowest BCUT2D eigenvalue weighted by molar-refractivity contribution is 0.0948. The molecule has 0 radical (unpaired) electrons. The van der Waals surface area contributed by atoms with Crippen molar-refractivity contribution in [1.29, 1.82) is 0 Å².